The Labute approximate surface area is 147 Å². The topological polar surface area (TPSA) is 26.3 Å². The summed E-state index contributed by atoms with van der Waals surface area (Å²) in [7, 11) is 0. The first-order chi connectivity index (χ1) is 11.2. The Morgan fingerprint density at radius 3 is 2.38 bits per heavy atom. The van der Waals surface area contributed by atoms with Crippen molar-refractivity contribution in [3.8, 4) is 0 Å². The molecule has 0 bridgehead atoms. The van der Waals surface area contributed by atoms with Gasteiger partial charge in [-0.3, -0.25) is 4.79 Å². The van der Waals surface area contributed by atoms with Gasteiger partial charge in [0, 0.05) is 0 Å². The number of hydrogen-bond donors (Lipinski definition) is 0. The molecule has 2 rings (SSSR count). The third kappa shape index (κ3) is 3.58. The van der Waals surface area contributed by atoms with Gasteiger partial charge in [0.25, 0.3) is 0 Å². The maximum atomic E-state index is 12.2. The molecule has 4 unspecified atom stereocenters. The first kappa shape index (κ1) is 18.8. The molecule has 1 aliphatic rings. The monoisotopic (exact) mass is 328 g/mol. The van der Waals surface area contributed by atoms with E-state index in [0.717, 1.165) is 19.3 Å². The van der Waals surface area contributed by atoms with Crippen LogP contribution in [-0.2, 0) is 14.9 Å². The second-order valence-electron chi connectivity index (χ2n) is 8.20. The van der Waals surface area contributed by atoms with E-state index in [-0.39, 0.29) is 34.7 Å². The van der Waals surface area contributed by atoms with Crippen LogP contribution in [0.5, 0.6) is 0 Å². The van der Waals surface area contributed by atoms with E-state index in [1.165, 1.54) is 5.56 Å². The fraction of sp³-hybridized carbons (Fsp3) is 0.591. The Balaban J connectivity index is 2.21. The van der Waals surface area contributed by atoms with Crippen LogP contribution in [0.4, 0.5) is 0 Å². The predicted octanol–water partition coefficient (Wildman–Crippen LogP) is 5.52. The molecule has 0 spiro atoms. The SMILES string of the molecule is C=CC(C)(C)C(C)C1C(=O)OC1CC(C)(CCC)c1ccccc1. The van der Waals surface area contributed by atoms with Crippen molar-refractivity contribution in [2.75, 3.05) is 0 Å². The van der Waals surface area contributed by atoms with Crippen molar-refractivity contribution in [3.63, 3.8) is 0 Å². The summed E-state index contributed by atoms with van der Waals surface area (Å²) in [6.07, 6.45) is 5.06. The molecule has 1 aromatic carbocycles. The van der Waals surface area contributed by atoms with Gasteiger partial charge in [-0.1, -0.05) is 77.4 Å². The number of cyclic esters (lactones) is 1. The van der Waals surface area contributed by atoms with Crippen molar-refractivity contribution in [2.45, 2.75) is 65.4 Å². The first-order valence-corrected chi connectivity index (χ1v) is 9.15. The summed E-state index contributed by atoms with van der Waals surface area (Å²) in [5.41, 5.74) is 1.30. The van der Waals surface area contributed by atoms with Crippen LogP contribution in [0.3, 0.4) is 0 Å². The Kier molecular flexibility index (Phi) is 5.57. The Hall–Kier alpha value is -1.57. The second-order valence-corrected chi connectivity index (χ2v) is 8.20. The van der Waals surface area contributed by atoms with Gasteiger partial charge in [0.2, 0.25) is 0 Å². The zero-order valence-electron chi connectivity index (χ0n) is 15.8. The van der Waals surface area contributed by atoms with Gasteiger partial charge in [-0.2, -0.15) is 0 Å². The van der Waals surface area contributed by atoms with E-state index < -0.39 is 0 Å². The number of carbonyl (C=O) groups excluding carboxylic acids is 1. The van der Waals surface area contributed by atoms with E-state index in [1.54, 1.807) is 0 Å². The lowest BCUT2D eigenvalue weighted by Gasteiger charge is -2.47. The number of carbonyl (C=O) groups is 1. The fourth-order valence-corrected chi connectivity index (χ4v) is 3.92. The maximum absolute atomic E-state index is 12.2. The summed E-state index contributed by atoms with van der Waals surface area (Å²) in [6, 6.07) is 10.6. The van der Waals surface area contributed by atoms with Gasteiger partial charge in [0.1, 0.15) is 6.10 Å². The Bertz CT molecular complexity index is 575. The Morgan fingerprint density at radius 1 is 1.25 bits per heavy atom. The zero-order valence-corrected chi connectivity index (χ0v) is 15.8. The second kappa shape index (κ2) is 7.13. The summed E-state index contributed by atoms with van der Waals surface area (Å²) in [5.74, 6) is 0.148. The molecule has 2 heteroatoms. The lowest BCUT2D eigenvalue weighted by atomic mass is 9.65. The molecule has 2 nitrogen and oxygen atoms in total. The molecule has 0 amide bonds. The summed E-state index contributed by atoms with van der Waals surface area (Å²) in [6.45, 7) is 14.9. The van der Waals surface area contributed by atoms with Crippen LogP contribution in [0.15, 0.2) is 43.0 Å². The summed E-state index contributed by atoms with van der Waals surface area (Å²) >= 11 is 0. The highest BCUT2D eigenvalue weighted by Crippen LogP contribution is 2.46. The standard InChI is InChI=1S/C22H32O2/c1-7-14-22(6,17-12-10-9-11-13-17)15-18-19(20(23)24-18)16(3)21(4,5)8-2/h8-13,16,18-19H,2,7,14-15H2,1,3-6H3. The first-order valence-electron chi connectivity index (χ1n) is 9.15. The highest BCUT2D eigenvalue weighted by atomic mass is 16.6. The summed E-state index contributed by atoms with van der Waals surface area (Å²) in [5, 5.41) is 0. The van der Waals surface area contributed by atoms with Crippen LogP contribution in [0.25, 0.3) is 0 Å². The average molecular weight is 328 g/mol. The van der Waals surface area contributed by atoms with Gasteiger partial charge in [-0.05, 0) is 35.2 Å². The average Bonchev–Trinajstić information content (AvgIpc) is 2.55. The molecule has 1 heterocycles. The maximum Gasteiger partial charge on any atom is 0.313 e. The predicted molar refractivity (Wildman–Crippen MR) is 99.8 cm³/mol. The van der Waals surface area contributed by atoms with Gasteiger partial charge < -0.3 is 4.74 Å². The number of ether oxygens (including phenoxy) is 1. The van der Waals surface area contributed by atoms with E-state index in [2.05, 4.69) is 71.5 Å². The highest BCUT2D eigenvalue weighted by molar-refractivity contribution is 5.79. The molecule has 1 aromatic rings. The molecule has 24 heavy (non-hydrogen) atoms. The van der Waals surface area contributed by atoms with Crippen LogP contribution in [0.2, 0.25) is 0 Å². The minimum absolute atomic E-state index is 0.00322. The van der Waals surface area contributed by atoms with E-state index >= 15 is 0 Å². The van der Waals surface area contributed by atoms with Crippen molar-refractivity contribution in [2.24, 2.45) is 17.3 Å². The number of esters is 1. The molecular formula is C22H32O2. The Morgan fingerprint density at radius 2 is 1.88 bits per heavy atom. The van der Waals surface area contributed by atoms with E-state index in [9.17, 15) is 4.79 Å². The van der Waals surface area contributed by atoms with E-state index in [1.807, 2.05) is 6.08 Å². The van der Waals surface area contributed by atoms with E-state index in [0.29, 0.717) is 0 Å². The molecule has 0 saturated carbocycles. The third-order valence-electron chi connectivity index (χ3n) is 6.10. The summed E-state index contributed by atoms with van der Waals surface area (Å²) < 4.78 is 5.60. The molecule has 1 fully saturated rings. The van der Waals surface area contributed by atoms with Crippen molar-refractivity contribution < 1.29 is 9.53 Å². The van der Waals surface area contributed by atoms with Crippen LogP contribution in [0, 0.1) is 17.3 Å². The molecule has 132 valence electrons. The van der Waals surface area contributed by atoms with E-state index in [4.69, 9.17) is 4.74 Å². The van der Waals surface area contributed by atoms with Crippen LogP contribution in [-0.4, -0.2) is 12.1 Å². The normalized spacial score (nSPS) is 24.5. The number of hydrogen-bond acceptors (Lipinski definition) is 2. The van der Waals surface area contributed by atoms with Gasteiger partial charge in [0.05, 0.1) is 5.92 Å². The highest BCUT2D eigenvalue weighted by Gasteiger charge is 2.51. The van der Waals surface area contributed by atoms with Crippen molar-refractivity contribution in [3.05, 3.63) is 48.6 Å². The molecule has 0 aliphatic carbocycles. The smallest absolute Gasteiger partial charge is 0.313 e. The van der Waals surface area contributed by atoms with Crippen LogP contribution in [0.1, 0.15) is 59.4 Å². The largest absolute Gasteiger partial charge is 0.461 e. The molecular weight excluding hydrogens is 296 g/mol. The third-order valence-corrected chi connectivity index (χ3v) is 6.10. The van der Waals surface area contributed by atoms with Gasteiger partial charge >= 0.3 is 5.97 Å². The molecule has 4 atom stereocenters. The van der Waals surface area contributed by atoms with Crippen LogP contribution >= 0.6 is 0 Å². The van der Waals surface area contributed by atoms with Gasteiger partial charge in [-0.15, -0.1) is 6.58 Å². The van der Waals surface area contributed by atoms with Crippen molar-refractivity contribution in [1.29, 1.82) is 0 Å². The molecule has 0 aromatic heterocycles. The summed E-state index contributed by atoms with van der Waals surface area (Å²) in [4.78, 5) is 12.2. The number of benzene rings is 1. The zero-order chi connectivity index (χ0) is 18.0. The minimum Gasteiger partial charge on any atom is -0.461 e. The quantitative estimate of drug-likeness (QED) is 0.463. The molecule has 0 N–H and O–H groups in total. The molecule has 1 aliphatic heterocycles. The lowest BCUT2D eigenvalue weighted by molar-refractivity contribution is -0.196. The molecule has 0 radical (unpaired) electrons. The van der Waals surface area contributed by atoms with Crippen LogP contribution < -0.4 is 0 Å². The minimum atomic E-state index is -0.0732. The number of allylic oxidation sites excluding steroid dienone is 1. The van der Waals surface area contributed by atoms with Crippen molar-refractivity contribution >= 4 is 5.97 Å². The lowest BCUT2D eigenvalue weighted by Crippen LogP contribution is -2.53. The fourth-order valence-electron chi connectivity index (χ4n) is 3.92. The van der Waals surface area contributed by atoms with Gasteiger partial charge in [0.15, 0.2) is 0 Å². The molecule has 1 saturated heterocycles. The van der Waals surface area contributed by atoms with Crippen molar-refractivity contribution in [1.82, 2.24) is 0 Å². The number of rotatable bonds is 8. The van der Waals surface area contributed by atoms with Gasteiger partial charge in [-0.25, -0.2) is 0 Å².